The molecule has 6 nitrogen and oxygen atoms in total. The average Bonchev–Trinajstić information content (AvgIpc) is 3.26. The minimum atomic E-state index is -3.15. The van der Waals surface area contributed by atoms with Crippen molar-refractivity contribution in [2.24, 2.45) is 11.8 Å². The van der Waals surface area contributed by atoms with Crippen LogP contribution in [0.15, 0.2) is 12.1 Å². The van der Waals surface area contributed by atoms with Gasteiger partial charge in [0.15, 0.2) is 9.84 Å². The normalized spacial score (nSPS) is 31.8. The lowest BCUT2D eigenvalue weighted by Crippen LogP contribution is -2.45. The Bertz CT molecular complexity index is 770. The van der Waals surface area contributed by atoms with Crippen molar-refractivity contribution in [3.63, 3.8) is 0 Å². The molecule has 1 N–H and O–H groups in total. The van der Waals surface area contributed by atoms with Gasteiger partial charge in [-0.2, -0.15) is 0 Å². The van der Waals surface area contributed by atoms with Gasteiger partial charge in [-0.3, -0.25) is 9.69 Å². The first-order valence-corrected chi connectivity index (χ1v) is 11.8. The van der Waals surface area contributed by atoms with E-state index in [1.165, 1.54) is 9.75 Å². The Morgan fingerprint density at radius 3 is 2.77 bits per heavy atom. The van der Waals surface area contributed by atoms with E-state index in [0.29, 0.717) is 19.8 Å². The van der Waals surface area contributed by atoms with E-state index in [2.05, 4.69) is 29.3 Å². The van der Waals surface area contributed by atoms with Crippen LogP contribution in [-0.4, -0.2) is 62.6 Å². The van der Waals surface area contributed by atoms with Crippen LogP contribution in [0.2, 0.25) is 0 Å². The van der Waals surface area contributed by atoms with Gasteiger partial charge in [0.1, 0.15) is 0 Å². The van der Waals surface area contributed by atoms with Crippen LogP contribution in [0, 0.1) is 18.8 Å². The Balaban J connectivity index is 1.42. The number of nitrogens with one attached hydrogen (secondary N) is 1. The molecule has 1 aromatic heterocycles. The predicted octanol–water partition coefficient (Wildman–Crippen LogP) is 1.20. The van der Waals surface area contributed by atoms with Gasteiger partial charge in [-0.25, -0.2) is 8.42 Å². The van der Waals surface area contributed by atoms with E-state index in [-0.39, 0.29) is 34.8 Å². The molecule has 3 fully saturated rings. The highest BCUT2D eigenvalue weighted by Crippen LogP contribution is 2.35. The zero-order valence-corrected chi connectivity index (χ0v) is 16.7. The lowest BCUT2D eigenvalue weighted by Gasteiger charge is -2.25. The summed E-state index contributed by atoms with van der Waals surface area (Å²) >= 11 is 1.76. The summed E-state index contributed by atoms with van der Waals surface area (Å²) in [6.45, 7) is 5.41. The molecule has 3 atom stereocenters. The van der Waals surface area contributed by atoms with Crippen molar-refractivity contribution in [2.45, 2.75) is 37.6 Å². The Kier molecular flexibility index (Phi) is 5.11. The van der Waals surface area contributed by atoms with Gasteiger partial charge in [-0.15, -0.1) is 11.3 Å². The molecule has 3 aliphatic heterocycles. The zero-order valence-electron chi connectivity index (χ0n) is 15.0. The molecule has 1 aromatic rings. The molecule has 0 aromatic carbocycles. The lowest BCUT2D eigenvalue weighted by atomic mass is 9.96. The average molecular weight is 399 g/mol. The standard InChI is InChI=1S/C18H26N2O4S2/c1-12-2-3-14(25-12)8-20-9-15-16(11-26(22,23)17(15)10-20)19-18(21)13-4-6-24-7-5-13/h2-3,13,15-17H,4-11H2,1H3,(H,19,21)/t15-,16+,17-/m0/s1. The second kappa shape index (κ2) is 7.22. The third-order valence-corrected chi connectivity index (χ3v) is 9.10. The molecule has 8 heteroatoms. The fourth-order valence-electron chi connectivity index (χ4n) is 4.47. The third kappa shape index (κ3) is 3.69. The van der Waals surface area contributed by atoms with Gasteiger partial charge in [0.25, 0.3) is 0 Å². The highest BCUT2D eigenvalue weighted by atomic mass is 32.2. The van der Waals surface area contributed by atoms with Crippen LogP contribution in [-0.2, 0) is 25.9 Å². The maximum Gasteiger partial charge on any atom is 0.223 e. The number of hydrogen-bond donors (Lipinski definition) is 1. The Labute approximate surface area is 158 Å². The van der Waals surface area contributed by atoms with Gasteiger partial charge >= 0.3 is 0 Å². The molecule has 0 bridgehead atoms. The number of sulfone groups is 1. The predicted molar refractivity (Wildman–Crippen MR) is 101 cm³/mol. The monoisotopic (exact) mass is 398 g/mol. The number of carbonyl (C=O) groups excluding carboxylic acids is 1. The summed E-state index contributed by atoms with van der Waals surface area (Å²) < 4.78 is 30.5. The first-order chi connectivity index (χ1) is 12.4. The number of thiophene rings is 1. The number of fused-ring (bicyclic) bond motifs is 1. The largest absolute Gasteiger partial charge is 0.381 e. The van der Waals surface area contributed by atoms with Crippen molar-refractivity contribution in [1.29, 1.82) is 0 Å². The van der Waals surface area contributed by atoms with Crippen LogP contribution < -0.4 is 5.32 Å². The highest BCUT2D eigenvalue weighted by Gasteiger charge is 2.52. The molecule has 0 saturated carbocycles. The summed E-state index contributed by atoms with van der Waals surface area (Å²) in [6, 6.07) is 3.97. The molecule has 144 valence electrons. The summed E-state index contributed by atoms with van der Waals surface area (Å²) in [6.07, 6.45) is 1.45. The molecule has 0 spiro atoms. The Morgan fingerprint density at radius 1 is 1.31 bits per heavy atom. The van der Waals surface area contributed by atoms with Crippen molar-refractivity contribution in [3.8, 4) is 0 Å². The number of rotatable bonds is 4. The summed E-state index contributed by atoms with van der Waals surface area (Å²) in [7, 11) is -3.15. The van der Waals surface area contributed by atoms with Crippen LogP contribution in [0.1, 0.15) is 22.6 Å². The van der Waals surface area contributed by atoms with E-state index in [4.69, 9.17) is 4.74 Å². The zero-order chi connectivity index (χ0) is 18.3. The molecular weight excluding hydrogens is 372 g/mol. The second-order valence-corrected chi connectivity index (χ2v) is 11.4. The summed E-state index contributed by atoms with van der Waals surface area (Å²) in [5.74, 6) is 0.0481. The minimum Gasteiger partial charge on any atom is -0.381 e. The topological polar surface area (TPSA) is 75.7 Å². The molecule has 26 heavy (non-hydrogen) atoms. The number of aryl methyl sites for hydroxylation is 1. The fraction of sp³-hybridized carbons (Fsp3) is 0.722. The van der Waals surface area contributed by atoms with Crippen LogP contribution in [0.5, 0.6) is 0 Å². The fourth-order valence-corrected chi connectivity index (χ4v) is 7.73. The summed E-state index contributed by atoms with van der Waals surface area (Å²) in [5.41, 5.74) is 0. The van der Waals surface area contributed by atoms with Gasteiger partial charge in [0.05, 0.1) is 11.0 Å². The maximum absolute atomic E-state index is 12.6. The second-order valence-electron chi connectivity index (χ2n) is 7.74. The molecular formula is C18H26N2O4S2. The van der Waals surface area contributed by atoms with Crippen molar-refractivity contribution >= 4 is 27.1 Å². The van der Waals surface area contributed by atoms with Gasteiger partial charge in [0.2, 0.25) is 5.91 Å². The number of ether oxygens (including phenoxy) is 1. The molecule has 0 unspecified atom stereocenters. The number of likely N-dealkylation sites (tertiary alicyclic amines) is 1. The SMILES string of the molecule is Cc1ccc(CN2C[C@H]3[C@H](NC(=O)C4CCOCC4)CS(=O)(=O)[C@H]3C2)s1. The summed E-state index contributed by atoms with van der Waals surface area (Å²) in [5, 5.41) is 2.72. The summed E-state index contributed by atoms with van der Waals surface area (Å²) in [4.78, 5) is 17.3. The number of amides is 1. The van der Waals surface area contributed by atoms with E-state index < -0.39 is 9.84 Å². The molecule has 3 saturated heterocycles. The number of nitrogens with zero attached hydrogens (tertiary/aromatic N) is 1. The van der Waals surface area contributed by atoms with Crippen molar-refractivity contribution in [1.82, 2.24) is 10.2 Å². The van der Waals surface area contributed by atoms with E-state index in [1.54, 1.807) is 11.3 Å². The van der Waals surface area contributed by atoms with E-state index in [9.17, 15) is 13.2 Å². The van der Waals surface area contributed by atoms with Gasteiger partial charge < -0.3 is 10.1 Å². The van der Waals surface area contributed by atoms with Crippen LogP contribution in [0.3, 0.4) is 0 Å². The Hall–Kier alpha value is -0.960. The van der Waals surface area contributed by atoms with E-state index >= 15 is 0 Å². The van der Waals surface area contributed by atoms with E-state index in [0.717, 1.165) is 25.9 Å². The molecule has 3 aliphatic rings. The van der Waals surface area contributed by atoms with Crippen LogP contribution in [0.4, 0.5) is 0 Å². The minimum absolute atomic E-state index is 0.00137. The van der Waals surface area contributed by atoms with Gasteiger partial charge in [0, 0.05) is 60.5 Å². The smallest absolute Gasteiger partial charge is 0.223 e. The van der Waals surface area contributed by atoms with Gasteiger partial charge in [-0.05, 0) is 31.9 Å². The maximum atomic E-state index is 12.6. The molecule has 0 radical (unpaired) electrons. The van der Waals surface area contributed by atoms with Crippen LogP contribution >= 0.6 is 11.3 Å². The third-order valence-electron chi connectivity index (χ3n) is 5.87. The van der Waals surface area contributed by atoms with Crippen molar-refractivity contribution < 1.29 is 17.9 Å². The quantitative estimate of drug-likeness (QED) is 0.825. The number of hydrogen-bond acceptors (Lipinski definition) is 6. The molecule has 4 rings (SSSR count). The molecule has 1 amide bonds. The molecule has 4 heterocycles. The van der Waals surface area contributed by atoms with Gasteiger partial charge in [-0.1, -0.05) is 0 Å². The highest BCUT2D eigenvalue weighted by molar-refractivity contribution is 7.92. The van der Waals surface area contributed by atoms with Crippen molar-refractivity contribution in [2.75, 3.05) is 32.1 Å². The molecule has 0 aliphatic carbocycles. The lowest BCUT2D eigenvalue weighted by molar-refractivity contribution is -0.128. The first-order valence-electron chi connectivity index (χ1n) is 9.30. The number of carbonyl (C=O) groups is 1. The van der Waals surface area contributed by atoms with Crippen LogP contribution in [0.25, 0.3) is 0 Å². The van der Waals surface area contributed by atoms with Crippen molar-refractivity contribution in [3.05, 3.63) is 21.9 Å². The van der Waals surface area contributed by atoms with E-state index in [1.807, 2.05) is 0 Å². The Morgan fingerprint density at radius 2 is 2.08 bits per heavy atom. The first kappa shape index (κ1) is 18.4.